The van der Waals surface area contributed by atoms with Gasteiger partial charge in [-0.1, -0.05) is 37.1 Å². The van der Waals surface area contributed by atoms with Crippen molar-refractivity contribution in [2.45, 2.75) is 39.9 Å². The van der Waals surface area contributed by atoms with E-state index in [1.807, 2.05) is 24.3 Å². The second-order valence-corrected chi connectivity index (χ2v) is 6.85. The molecule has 1 amide bonds. The molecule has 0 aliphatic rings. The number of benzene rings is 2. The van der Waals surface area contributed by atoms with E-state index in [2.05, 4.69) is 31.6 Å². The monoisotopic (exact) mass is 366 g/mol. The van der Waals surface area contributed by atoms with Gasteiger partial charge in [-0.05, 0) is 55.8 Å². The van der Waals surface area contributed by atoms with Crippen molar-refractivity contribution in [1.82, 2.24) is 9.80 Å². The Morgan fingerprint density at radius 1 is 1.04 bits per heavy atom. The number of carbonyl (C=O) groups is 1. The molecule has 2 aromatic carbocycles. The highest BCUT2D eigenvalue weighted by molar-refractivity contribution is 5.94. The van der Waals surface area contributed by atoms with Crippen LogP contribution < -0.4 is 0 Å². The summed E-state index contributed by atoms with van der Waals surface area (Å²) in [6.07, 6.45) is 5.44. The van der Waals surface area contributed by atoms with Crippen LogP contribution in [0.5, 0.6) is 0 Å². The minimum absolute atomic E-state index is 0.125. The number of terminal acetylenes is 1. The van der Waals surface area contributed by atoms with Crippen LogP contribution in [0, 0.1) is 18.2 Å². The van der Waals surface area contributed by atoms with Gasteiger partial charge in [-0.25, -0.2) is 4.39 Å². The van der Waals surface area contributed by atoms with E-state index in [9.17, 15) is 9.18 Å². The highest BCUT2D eigenvalue weighted by atomic mass is 19.1. The van der Waals surface area contributed by atoms with Crippen molar-refractivity contribution in [1.29, 1.82) is 0 Å². The van der Waals surface area contributed by atoms with Crippen molar-refractivity contribution in [3.8, 4) is 12.3 Å². The quantitative estimate of drug-likeness (QED) is 0.649. The Morgan fingerprint density at radius 2 is 1.59 bits per heavy atom. The van der Waals surface area contributed by atoms with Crippen molar-refractivity contribution in [2.75, 3.05) is 13.1 Å². The molecular formula is C23H27FN2O. The summed E-state index contributed by atoms with van der Waals surface area (Å²) < 4.78 is 13.1. The standard InChI is InChI=1S/C23H27FN2O/c1-5-15-26(17-20-9-13-22(24)14-10-20)23(27)21-11-7-19(8-12-21)16-25(6-2)18(3)4/h1,7-14,18H,6,15-17H2,2-4H3. The molecule has 0 atom stereocenters. The lowest BCUT2D eigenvalue weighted by molar-refractivity contribution is 0.0765. The molecule has 0 unspecified atom stereocenters. The lowest BCUT2D eigenvalue weighted by Crippen LogP contribution is -2.31. The molecule has 0 radical (unpaired) electrons. The van der Waals surface area contributed by atoms with Gasteiger partial charge in [0.15, 0.2) is 0 Å². The van der Waals surface area contributed by atoms with Crippen LogP contribution in [0.1, 0.15) is 42.3 Å². The lowest BCUT2D eigenvalue weighted by atomic mass is 10.1. The predicted octanol–water partition coefficient (Wildman–Crippen LogP) is 4.33. The van der Waals surface area contributed by atoms with Gasteiger partial charge in [0.1, 0.15) is 5.82 Å². The Kier molecular flexibility index (Phi) is 7.57. The molecule has 0 saturated heterocycles. The second kappa shape index (κ2) is 9.89. The summed E-state index contributed by atoms with van der Waals surface area (Å²) in [7, 11) is 0. The Labute approximate surface area is 161 Å². The first-order valence-corrected chi connectivity index (χ1v) is 9.24. The molecule has 3 nitrogen and oxygen atoms in total. The highest BCUT2D eigenvalue weighted by Crippen LogP contribution is 2.14. The number of nitrogens with zero attached hydrogens (tertiary/aromatic N) is 2. The number of rotatable bonds is 8. The Morgan fingerprint density at radius 3 is 2.11 bits per heavy atom. The maximum atomic E-state index is 13.1. The SMILES string of the molecule is C#CCN(Cc1ccc(F)cc1)C(=O)c1ccc(CN(CC)C(C)C)cc1. The van der Waals surface area contributed by atoms with E-state index in [-0.39, 0.29) is 18.3 Å². The fourth-order valence-corrected chi connectivity index (χ4v) is 2.95. The van der Waals surface area contributed by atoms with Gasteiger partial charge in [0.05, 0.1) is 6.54 Å². The van der Waals surface area contributed by atoms with Gasteiger partial charge < -0.3 is 4.90 Å². The smallest absolute Gasteiger partial charge is 0.254 e. The molecule has 2 rings (SSSR count). The van der Waals surface area contributed by atoms with Gasteiger partial charge in [-0.3, -0.25) is 9.69 Å². The van der Waals surface area contributed by atoms with Gasteiger partial charge in [0.2, 0.25) is 0 Å². The van der Waals surface area contributed by atoms with Crippen molar-refractivity contribution in [3.05, 3.63) is 71.0 Å². The lowest BCUT2D eigenvalue weighted by Gasteiger charge is -2.25. The third-order valence-electron chi connectivity index (χ3n) is 4.58. The summed E-state index contributed by atoms with van der Waals surface area (Å²) in [5, 5.41) is 0. The van der Waals surface area contributed by atoms with E-state index in [1.54, 1.807) is 17.0 Å². The molecule has 0 aliphatic heterocycles. The fourth-order valence-electron chi connectivity index (χ4n) is 2.95. The van der Waals surface area contributed by atoms with E-state index in [0.717, 1.165) is 18.7 Å². The van der Waals surface area contributed by atoms with Gasteiger partial charge in [-0.15, -0.1) is 6.42 Å². The Hall–Kier alpha value is -2.64. The number of amides is 1. The van der Waals surface area contributed by atoms with Crippen LogP contribution in [-0.2, 0) is 13.1 Å². The molecule has 0 fully saturated rings. The van der Waals surface area contributed by atoms with Crippen molar-refractivity contribution >= 4 is 5.91 Å². The number of hydrogen-bond acceptors (Lipinski definition) is 2. The first-order chi connectivity index (χ1) is 12.9. The van der Waals surface area contributed by atoms with Crippen molar-refractivity contribution in [2.24, 2.45) is 0 Å². The zero-order valence-electron chi connectivity index (χ0n) is 16.3. The largest absolute Gasteiger partial charge is 0.323 e. The first kappa shape index (κ1) is 20.7. The second-order valence-electron chi connectivity index (χ2n) is 6.85. The topological polar surface area (TPSA) is 23.6 Å². The van der Waals surface area contributed by atoms with Gasteiger partial charge >= 0.3 is 0 Å². The zero-order chi connectivity index (χ0) is 19.8. The molecule has 0 aliphatic carbocycles. The predicted molar refractivity (Wildman–Crippen MR) is 108 cm³/mol. The van der Waals surface area contributed by atoms with Crippen LogP contribution in [0.15, 0.2) is 48.5 Å². The molecule has 0 spiro atoms. The third-order valence-corrected chi connectivity index (χ3v) is 4.58. The highest BCUT2D eigenvalue weighted by Gasteiger charge is 2.16. The molecular weight excluding hydrogens is 339 g/mol. The number of halogens is 1. The summed E-state index contributed by atoms with van der Waals surface area (Å²) in [6, 6.07) is 14.3. The average Bonchev–Trinajstić information content (AvgIpc) is 2.67. The maximum Gasteiger partial charge on any atom is 0.254 e. The molecule has 0 heterocycles. The van der Waals surface area contributed by atoms with E-state index in [0.29, 0.717) is 18.2 Å². The van der Waals surface area contributed by atoms with Gasteiger partial charge in [-0.2, -0.15) is 0 Å². The minimum Gasteiger partial charge on any atom is -0.323 e. The molecule has 0 N–H and O–H groups in total. The Balaban J connectivity index is 2.10. The van der Waals surface area contributed by atoms with E-state index < -0.39 is 0 Å². The summed E-state index contributed by atoms with van der Waals surface area (Å²) in [5.74, 6) is 2.11. The molecule has 142 valence electrons. The maximum absolute atomic E-state index is 13.1. The fraction of sp³-hybridized carbons (Fsp3) is 0.348. The van der Waals surface area contributed by atoms with Crippen LogP contribution in [-0.4, -0.2) is 34.8 Å². The number of carbonyl (C=O) groups excluding carboxylic acids is 1. The summed E-state index contributed by atoms with van der Waals surface area (Å²) in [4.78, 5) is 16.8. The van der Waals surface area contributed by atoms with Crippen LogP contribution in [0.2, 0.25) is 0 Å². The van der Waals surface area contributed by atoms with Crippen LogP contribution in [0.25, 0.3) is 0 Å². The average molecular weight is 366 g/mol. The summed E-state index contributed by atoms with van der Waals surface area (Å²) in [6.45, 7) is 8.88. The van der Waals surface area contributed by atoms with Gasteiger partial charge in [0, 0.05) is 24.7 Å². The molecule has 4 heteroatoms. The van der Waals surface area contributed by atoms with Crippen molar-refractivity contribution < 1.29 is 9.18 Å². The minimum atomic E-state index is -0.299. The van der Waals surface area contributed by atoms with Crippen molar-refractivity contribution in [3.63, 3.8) is 0 Å². The molecule has 0 bridgehead atoms. The number of hydrogen-bond donors (Lipinski definition) is 0. The van der Waals surface area contributed by atoms with Crippen LogP contribution in [0.4, 0.5) is 4.39 Å². The first-order valence-electron chi connectivity index (χ1n) is 9.24. The summed E-state index contributed by atoms with van der Waals surface area (Å²) in [5.41, 5.74) is 2.61. The normalized spacial score (nSPS) is 10.9. The zero-order valence-corrected chi connectivity index (χ0v) is 16.3. The Bertz CT molecular complexity index is 776. The molecule has 0 aromatic heterocycles. The van der Waals surface area contributed by atoms with E-state index >= 15 is 0 Å². The summed E-state index contributed by atoms with van der Waals surface area (Å²) >= 11 is 0. The van der Waals surface area contributed by atoms with E-state index in [1.165, 1.54) is 17.7 Å². The molecule has 27 heavy (non-hydrogen) atoms. The molecule has 0 saturated carbocycles. The van der Waals surface area contributed by atoms with Gasteiger partial charge in [0.25, 0.3) is 5.91 Å². The third kappa shape index (κ3) is 5.94. The van der Waals surface area contributed by atoms with Crippen LogP contribution >= 0.6 is 0 Å². The van der Waals surface area contributed by atoms with E-state index in [4.69, 9.17) is 6.42 Å². The molecule has 2 aromatic rings. The van der Waals surface area contributed by atoms with Crippen LogP contribution in [0.3, 0.4) is 0 Å².